The molecule has 1 aromatic heterocycles. The molecule has 1 N–H and O–H groups in total. The molecule has 0 radical (unpaired) electrons. The lowest BCUT2D eigenvalue weighted by atomic mass is 10.0. The zero-order chi connectivity index (χ0) is 20.8. The fourth-order valence-electron chi connectivity index (χ4n) is 4.20. The minimum atomic E-state index is 0.229. The van der Waals surface area contributed by atoms with Gasteiger partial charge in [-0.1, -0.05) is 44.2 Å². The molecule has 1 aliphatic rings. The summed E-state index contributed by atoms with van der Waals surface area (Å²) in [6, 6.07) is 13.0. The van der Waals surface area contributed by atoms with E-state index in [-0.39, 0.29) is 6.04 Å². The minimum absolute atomic E-state index is 0.229. The number of nitrogens with zero attached hydrogens (tertiary/aromatic N) is 3. The molecule has 0 spiro atoms. The summed E-state index contributed by atoms with van der Waals surface area (Å²) < 4.78 is 0. The third kappa shape index (κ3) is 5.69. The van der Waals surface area contributed by atoms with Gasteiger partial charge < -0.3 is 4.90 Å². The number of amides is 1. The second-order valence-electron chi connectivity index (χ2n) is 8.81. The Morgan fingerprint density at radius 3 is 2.69 bits per heavy atom. The summed E-state index contributed by atoms with van der Waals surface area (Å²) in [5.41, 5.74) is 3.23. The molecule has 2 atom stereocenters. The van der Waals surface area contributed by atoms with Crippen LogP contribution in [0, 0.1) is 5.92 Å². The Morgan fingerprint density at radius 2 is 1.97 bits per heavy atom. The highest BCUT2D eigenvalue weighted by molar-refractivity contribution is 5.76. The summed E-state index contributed by atoms with van der Waals surface area (Å²) in [6.07, 6.45) is 4.92. The van der Waals surface area contributed by atoms with Gasteiger partial charge in [-0.3, -0.25) is 14.8 Å². The second-order valence-corrected chi connectivity index (χ2v) is 8.81. The van der Waals surface area contributed by atoms with Gasteiger partial charge >= 0.3 is 0 Å². The maximum atomic E-state index is 12.5. The summed E-state index contributed by atoms with van der Waals surface area (Å²) in [5.74, 6) is 1.03. The van der Waals surface area contributed by atoms with E-state index in [0.717, 1.165) is 49.3 Å². The summed E-state index contributed by atoms with van der Waals surface area (Å²) in [5, 5.41) is 7.74. The van der Waals surface area contributed by atoms with Crippen LogP contribution < -0.4 is 0 Å². The van der Waals surface area contributed by atoms with Crippen LogP contribution in [0.4, 0.5) is 0 Å². The number of benzene rings is 1. The first kappa shape index (κ1) is 21.6. The number of rotatable bonds is 8. The van der Waals surface area contributed by atoms with E-state index < -0.39 is 0 Å². The molecule has 1 aromatic carbocycles. The topological polar surface area (TPSA) is 52.2 Å². The van der Waals surface area contributed by atoms with Crippen molar-refractivity contribution < 1.29 is 4.79 Å². The number of aromatic amines is 1. The molecule has 1 saturated heterocycles. The number of carbonyl (C=O) groups is 1. The molecular weight excluding hydrogens is 360 g/mol. The number of likely N-dealkylation sites (tertiary alicyclic amines) is 1. The summed E-state index contributed by atoms with van der Waals surface area (Å²) in [6.45, 7) is 8.49. The Kier molecular flexibility index (Phi) is 7.48. The quantitative estimate of drug-likeness (QED) is 0.691. The third-order valence-electron chi connectivity index (χ3n) is 6.29. The summed E-state index contributed by atoms with van der Waals surface area (Å²) >= 11 is 0. The molecular formula is C24H36N4O. The highest BCUT2D eigenvalue weighted by atomic mass is 16.2. The lowest BCUT2D eigenvalue weighted by molar-refractivity contribution is -0.130. The van der Waals surface area contributed by atoms with Gasteiger partial charge in [0.25, 0.3) is 0 Å². The van der Waals surface area contributed by atoms with Crippen LogP contribution in [-0.4, -0.2) is 52.1 Å². The molecule has 1 fully saturated rings. The maximum absolute atomic E-state index is 12.5. The van der Waals surface area contributed by atoms with E-state index in [1.165, 1.54) is 6.42 Å². The van der Waals surface area contributed by atoms with Crippen molar-refractivity contribution in [1.82, 2.24) is 20.0 Å². The fraction of sp³-hybridized carbons (Fsp3) is 0.583. The summed E-state index contributed by atoms with van der Waals surface area (Å²) in [7, 11) is 2.18. The molecule has 3 rings (SSSR count). The SMILES string of the molecule is CC(C)CCCN1CCC(N(C)C(C)c2cc(-c3ccccc3)n[nH]2)CCC1=O. The molecule has 5 nitrogen and oxygen atoms in total. The smallest absolute Gasteiger partial charge is 0.222 e. The fourth-order valence-corrected chi connectivity index (χ4v) is 4.20. The van der Waals surface area contributed by atoms with Crippen molar-refractivity contribution in [3.63, 3.8) is 0 Å². The molecule has 2 unspecified atom stereocenters. The van der Waals surface area contributed by atoms with Gasteiger partial charge in [-0.15, -0.1) is 0 Å². The van der Waals surface area contributed by atoms with Gasteiger partial charge in [0.05, 0.1) is 11.4 Å². The van der Waals surface area contributed by atoms with E-state index in [0.29, 0.717) is 24.3 Å². The lowest BCUT2D eigenvalue weighted by Crippen LogP contribution is -2.35. The maximum Gasteiger partial charge on any atom is 0.222 e. The monoisotopic (exact) mass is 396 g/mol. The Bertz CT molecular complexity index is 770. The first-order valence-corrected chi connectivity index (χ1v) is 11.1. The van der Waals surface area contributed by atoms with Gasteiger partial charge in [-0.2, -0.15) is 5.10 Å². The van der Waals surface area contributed by atoms with Gasteiger partial charge in [0.2, 0.25) is 5.91 Å². The zero-order valence-electron chi connectivity index (χ0n) is 18.4. The van der Waals surface area contributed by atoms with Crippen molar-refractivity contribution in [2.24, 2.45) is 5.92 Å². The number of hydrogen-bond acceptors (Lipinski definition) is 3. The average molecular weight is 397 g/mol. The van der Waals surface area contributed by atoms with E-state index >= 15 is 0 Å². The van der Waals surface area contributed by atoms with Gasteiger partial charge in [-0.05, 0) is 51.6 Å². The van der Waals surface area contributed by atoms with Gasteiger partial charge in [-0.25, -0.2) is 0 Å². The number of carbonyl (C=O) groups excluding carboxylic acids is 1. The molecule has 0 saturated carbocycles. The van der Waals surface area contributed by atoms with E-state index in [1.807, 2.05) is 18.2 Å². The highest BCUT2D eigenvalue weighted by Gasteiger charge is 2.28. The van der Waals surface area contributed by atoms with Crippen LogP contribution in [0.3, 0.4) is 0 Å². The first-order valence-electron chi connectivity index (χ1n) is 11.1. The largest absolute Gasteiger partial charge is 0.343 e. The van der Waals surface area contributed by atoms with Crippen molar-refractivity contribution in [1.29, 1.82) is 0 Å². The molecule has 29 heavy (non-hydrogen) atoms. The van der Waals surface area contributed by atoms with Crippen LogP contribution in [0.5, 0.6) is 0 Å². The van der Waals surface area contributed by atoms with Crippen LogP contribution in [0.1, 0.15) is 64.6 Å². The minimum Gasteiger partial charge on any atom is -0.343 e. The van der Waals surface area contributed by atoms with Crippen LogP contribution in [0.25, 0.3) is 11.3 Å². The molecule has 1 amide bonds. The molecule has 158 valence electrons. The van der Waals surface area contributed by atoms with Crippen molar-refractivity contribution in [2.75, 3.05) is 20.1 Å². The van der Waals surface area contributed by atoms with Crippen molar-refractivity contribution in [2.45, 2.75) is 65.0 Å². The van der Waals surface area contributed by atoms with E-state index in [4.69, 9.17) is 0 Å². The Morgan fingerprint density at radius 1 is 1.21 bits per heavy atom. The number of H-pyrrole nitrogens is 1. The Hall–Kier alpha value is -2.14. The average Bonchev–Trinajstić information content (AvgIpc) is 3.14. The molecule has 0 aliphatic carbocycles. The summed E-state index contributed by atoms with van der Waals surface area (Å²) in [4.78, 5) is 17.0. The molecule has 2 heterocycles. The number of hydrogen-bond donors (Lipinski definition) is 1. The van der Waals surface area contributed by atoms with Crippen LogP contribution in [0.15, 0.2) is 36.4 Å². The van der Waals surface area contributed by atoms with Crippen molar-refractivity contribution in [3.05, 3.63) is 42.1 Å². The normalized spacial score (nSPS) is 19.0. The van der Waals surface area contributed by atoms with Gasteiger partial charge in [0.15, 0.2) is 0 Å². The van der Waals surface area contributed by atoms with Gasteiger partial charge in [0, 0.05) is 37.2 Å². The number of aromatic nitrogens is 2. The van der Waals surface area contributed by atoms with E-state index in [2.05, 4.69) is 66.0 Å². The molecule has 2 aromatic rings. The van der Waals surface area contributed by atoms with Gasteiger partial charge in [0.1, 0.15) is 0 Å². The first-order chi connectivity index (χ1) is 14.0. The molecule has 1 aliphatic heterocycles. The second kappa shape index (κ2) is 10.1. The van der Waals surface area contributed by atoms with Crippen molar-refractivity contribution >= 4 is 5.91 Å². The highest BCUT2D eigenvalue weighted by Crippen LogP contribution is 2.27. The predicted octanol–water partition coefficient (Wildman–Crippen LogP) is 4.89. The standard InChI is InChI=1S/C24H36N4O/c1-18(2)9-8-15-28-16-14-21(12-13-24(28)29)27(4)19(3)22-17-23(26-25-22)20-10-6-5-7-11-20/h5-7,10-11,17-19,21H,8-9,12-16H2,1-4H3,(H,25,26). The number of nitrogens with one attached hydrogen (secondary N) is 1. The van der Waals surface area contributed by atoms with Crippen LogP contribution in [0.2, 0.25) is 0 Å². The van der Waals surface area contributed by atoms with Crippen LogP contribution in [-0.2, 0) is 4.79 Å². The predicted molar refractivity (Wildman–Crippen MR) is 118 cm³/mol. The Labute approximate surface area is 175 Å². The van der Waals surface area contributed by atoms with E-state index in [9.17, 15) is 4.79 Å². The third-order valence-corrected chi connectivity index (χ3v) is 6.29. The lowest BCUT2D eigenvalue weighted by Gasteiger charge is -2.32. The van der Waals surface area contributed by atoms with E-state index in [1.54, 1.807) is 0 Å². The zero-order valence-corrected chi connectivity index (χ0v) is 18.4. The molecule has 0 bridgehead atoms. The van der Waals surface area contributed by atoms with Crippen LogP contribution >= 0.6 is 0 Å². The molecule has 5 heteroatoms. The van der Waals surface area contributed by atoms with Crippen molar-refractivity contribution in [3.8, 4) is 11.3 Å². The Balaban J connectivity index is 1.59.